The van der Waals surface area contributed by atoms with Crippen LogP contribution in [0, 0.1) is 0 Å². The maximum Gasteiger partial charge on any atom is 0.307 e. The Kier molecular flexibility index (Phi) is 7.66. The van der Waals surface area contributed by atoms with E-state index >= 15 is 0 Å². The fraction of sp³-hybridized carbons (Fsp3) is 0.400. The first-order chi connectivity index (χ1) is 15.4. The van der Waals surface area contributed by atoms with E-state index in [1.54, 1.807) is 12.1 Å². The topological polar surface area (TPSA) is 189 Å². The second-order valence-electron chi connectivity index (χ2n) is 7.55. The predicted molar refractivity (Wildman–Crippen MR) is 120 cm³/mol. The van der Waals surface area contributed by atoms with Crippen LogP contribution < -0.4 is 11.1 Å². The second kappa shape index (κ2) is 10.3. The van der Waals surface area contributed by atoms with Crippen molar-refractivity contribution in [2.24, 2.45) is 0 Å². The summed E-state index contributed by atoms with van der Waals surface area (Å²) in [6, 6.07) is 7.30. The quantitative estimate of drug-likeness (QED) is 0.249. The molecule has 12 nitrogen and oxygen atoms in total. The van der Waals surface area contributed by atoms with E-state index < -0.39 is 37.1 Å². The Bertz CT molecular complexity index is 1110. The summed E-state index contributed by atoms with van der Waals surface area (Å²) in [6.07, 6.45) is -2.43. The fourth-order valence-electron chi connectivity index (χ4n) is 3.63. The molecule has 0 aliphatic carbocycles. The van der Waals surface area contributed by atoms with Gasteiger partial charge >= 0.3 is 5.97 Å². The first-order valence-corrected chi connectivity index (χ1v) is 10.0. The highest BCUT2D eigenvalue weighted by molar-refractivity contribution is 5.85. The minimum absolute atomic E-state index is 0. The van der Waals surface area contributed by atoms with Crippen LogP contribution in [0.4, 0.5) is 11.8 Å². The first kappa shape index (κ1) is 24.6. The van der Waals surface area contributed by atoms with Crippen LogP contribution in [0.5, 0.6) is 0 Å². The standard InChI is InChI=1S/C20H24N6O6.ClH/c21-17-14-18(26(9-23-14)19-16(31)15(30)12(8-27)32-19)25-20(24-17)22-6-5-10-1-3-11(4-2-10)7-13(28)29;/h1-4,9,12,15-16,19,27,30-31H,5-8H2,(H,28,29)(H3,21,22,24,25);1H/t12-,15-,16-,19-;/m1./s1. The van der Waals surface area contributed by atoms with Crippen molar-refractivity contribution in [1.29, 1.82) is 0 Å². The SMILES string of the molecule is Cl.Nc1nc(NCCc2ccc(CC(=O)O)cc2)nc2c1ncn2[C@@H]1O[C@H](CO)[C@@H](O)[C@H]1O. The lowest BCUT2D eigenvalue weighted by Crippen LogP contribution is -2.33. The number of nitrogen functional groups attached to an aromatic ring is 1. The minimum atomic E-state index is -1.28. The van der Waals surface area contributed by atoms with Crippen LogP contribution in [-0.2, 0) is 22.4 Å². The molecule has 1 saturated heterocycles. The van der Waals surface area contributed by atoms with E-state index in [1.165, 1.54) is 10.9 Å². The number of rotatable bonds is 8. The van der Waals surface area contributed by atoms with Gasteiger partial charge in [0.1, 0.15) is 23.8 Å². The maximum absolute atomic E-state index is 10.8. The van der Waals surface area contributed by atoms with Gasteiger partial charge in [-0.2, -0.15) is 9.97 Å². The molecule has 2 aromatic heterocycles. The number of anilines is 2. The lowest BCUT2D eigenvalue weighted by atomic mass is 10.1. The van der Waals surface area contributed by atoms with Crippen LogP contribution >= 0.6 is 12.4 Å². The Morgan fingerprint density at radius 2 is 1.85 bits per heavy atom. The smallest absolute Gasteiger partial charge is 0.307 e. The third-order valence-corrected chi connectivity index (χ3v) is 5.31. The molecule has 0 spiro atoms. The predicted octanol–water partition coefficient (Wildman–Crippen LogP) is -0.277. The van der Waals surface area contributed by atoms with Crippen LogP contribution in [0.15, 0.2) is 30.6 Å². The number of nitrogens with zero attached hydrogens (tertiary/aromatic N) is 4. The summed E-state index contributed by atoms with van der Waals surface area (Å²) in [5.41, 5.74) is 8.39. The molecule has 1 aromatic carbocycles. The maximum atomic E-state index is 10.8. The van der Waals surface area contributed by atoms with E-state index in [9.17, 15) is 20.1 Å². The molecule has 0 amide bonds. The Balaban J connectivity index is 0.00000306. The zero-order chi connectivity index (χ0) is 22.8. The second-order valence-corrected chi connectivity index (χ2v) is 7.55. The minimum Gasteiger partial charge on any atom is -0.481 e. The molecule has 1 fully saturated rings. The molecule has 7 N–H and O–H groups in total. The monoisotopic (exact) mass is 480 g/mol. The summed E-state index contributed by atoms with van der Waals surface area (Å²) < 4.78 is 7.00. The average Bonchev–Trinajstić information content (AvgIpc) is 3.30. The molecule has 4 rings (SSSR count). The Hall–Kier alpha value is -3.03. The van der Waals surface area contributed by atoms with Crippen LogP contribution in [0.1, 0.15) is 17.4 Å². The molecule has 0 bridgehead atoms. The van der Waals surface area contributed by atoms with E-state index in [2.05, 4.69) is 20.3 Å². The molecule has 178 valence electrons. The van der Waals surface area contributed by atoms with Crippen LogP contribution in [0.3, 0.4) is 0 Å². The molecule has 3 heterocycles. The number of carboxylic acids is 1. The number of carboxylic acid groups (broad SMARTS) is 1. The number of nitrogens with two attached hydrogens (primary N) is 1. The molecule has 4 atom stereocenters. The van der Waals surface area contributed by atoms with Gasteiger partial charge in [0.25, 0.3) is 0 Å². The summed E-state index contributed by atoms with van der Waals surface area (Å²) >= 11 is 0. The summed E-state index contributed by atoms with van der Waals surface area (Å²) in [4.78, 5) is 23.6. The molecule has 0 radical (unpaired) electrons. The van der Waals surface area contributed by atoms with Crippen LogP contribution in [-0.4, -0.2) is 77.4 Å². The Morgan fingerprint density at radius 3 is 2.48 bits per heavy atom. The largest absolute Gasteiger partial charge is 0.481 e. The van der Waals surface area contributed by atoms with Gasteiger partial charge in [0.2, 0.25) is 5.95 Å². The number of benzene rings is 1. The van der Waals surface area contributed by atoms with Crippen molar-refractivity contribution in [3.8, 4) is 0 Å². The number of imidazole rings is 1. The number of nitrogens with one attached hydrogen (secondary N) is 1. The summed E-state index contributed by atoms with van der Waals surface area (Å²) in [6.45, 7) is 0.0494. The van der Waals surface area contributed by atoms with E-state index in [1.807, 2.05) is 12.1 Å². The van der Waals surface area contributed by atoms with Crippen molar-refractivity contribution in [3.63, 3.8) is 0 Å². The lowest BCUT2D eigenvalue weighted by molar-refractivity contribution is -0.136. The summed E-state index contributed by atoms with van der Waals surface area (Å²) in [5.74, 6) is -0.479. The molecular weight excluding hydrogens is 456 g/mol. The highest BCUT2D eigenvalue weighted by Gasteiger charge is 2.44. The number of aromatic nitrogens is 4. The van der Waals surface area contributed by atoms with Gasteiger partial charge in [0.15, 0.2) is 17.7 Å². The number of aliphatic hydroxyl groups is 3. The molecular formula is C20H25ClN6O6. The third-order valence-electron chi connectivity index (χ3n) is 5.31. The Labute approximate surface area is 194 Å². The van der Waals surface area contributed by atoms with Crippen molar-refractivity contribution in [2.45, 2.75) is 37.4 Å². The first-order valence-electron chi connectivity index (χ1n) is 10.0. The highest BCUT2D eigenvalue weighted by Crippen LogP contribution is 2.32. The van der Waals surface area contributed by atoms with Gasteiger partial charge in [-0.25, -0.2) is 4.98 Å². The van der Waals surface area contributed by atoms with Gasteiger partial charge in [0, 0.05) is 6.54 Å². The van der Waals surface area contributed by atoms with Gasteiger partial charge in [-0.1, -0.05) is 24.3 Å². The van der Waals surface area contributed by atoms with Crippen molar-refractivity contribution in [3.05, 3.63) is 41.7 Å². The zero-order valence-corrected chi connectivity index (χ0v) is 18.2. The number of aliphatic carboxylic acids is 1. The average molecular weight is 481 g/mol. The normalized spacial score (nSPS) is 22.3. The number of hydrogen-bond donors (Lipinski definition) is 6. The summed E-state index contributed by atoms with van der Waals surface area (Å²) in [7, 11) is 0. The van der Waals surface area contributed by atoms with Gasteiger partial charge in [-0.3, -0.25) is 9.36 Å². The highest BCUT2D eigenvalue weighted by atomic mass is 35.5. The van der Waals surface area contributed by atoms with Gasteiger partial charge in [0.05, 0.1) is 19.4 Å². The summed E-state index contributed by atoms with van der Waals surface area (Å²) in [5, 5.41) is 41.6. The number of aliphatic hydroxyl groups excluding tert-OH is 3. The number of halogens is 1. The molecule has 0 saturated carbocycles. The van der Waals surface area contributed by atoms with Crippen LogP contribution in [0.2, 0.25) is 0 Å². The lowest BCUT2D eigenvalue weighted by Gasteiger charge is -2.16. The van der Waals surface area contributed by atoms with Crippen molar-refractivity contribution in [1.82, 2.24) is 19.5 Å². The van der Waals surface area contributed by atoms with E-state index in [-0.39, 0.29) is 30.6 Å². The van der Waals surface area contributed by atoms with Crippen molar-refractivity contribution >= 4 is 41.3 Å². The number of fused-ring (bicyclic) bond motifs is 1. The van der Waals surface area contributed by atoms with Crippen molar-refractivity contribution in [2.75, 3.05) is 24.2 Å². The molecule has 3 aromatic rings. The molecule has 1 aliphatic heterocycles. The van der Waals surface area contributed by atoms with E-state index in [0.717, 1.165) is 11.1 Å². The molecule has 1 aliphatic rings. The molecule has 0 unspecified atom stereocenters. The van der Waals surface area contributed by atoms with Gasteiger partial charge in [-0.15, -0.1) is 12.4 Å². The number of ether oxygens (including phenoxy) is 1. The van der Waals surface area contributed by atoms with Crippen LogP contribution in [0.25, 0.3) is 11.2 Å². The fourth-order valence-corrected chi connectivity index (χ4v) is 3.63. The number of carbonyl (C=O) groups is 1. The molecule has 13 heteroatoms. The Morgan fingerprint density at radius 1 is 1.15 bits per heavy atom. The number of hydrogen-bond acceptors (Lipinski definition) is 10. The molecule has 33 heavy (non-hydrogen) atoms. The van der Waals surface area contributed by atoms with Gasteiger partial charge in [-0.05, 0) is 17.5 Å². The van der Waals surface area contributed by atoms with Gasteiger partial charge < -0.3 is 36.2 Å². The van der Waals surface area contributed by atoms with E-state index in [0.29, 0.717) is 24.1 Å². The van der Waals surface area contributed by atoms with Crippen molar-refractivity contribution < 1.29 is 30.0 Å². The zero-order valence-electron chi connectivity index (χ0n) is 17.4. The third kappa shape index (κ3) is 5.15. The van der Waals surface area contributed by atoms with E-state index in [4.69, 9.17) is 15.6 Å².